The number of hydrogen-bond donors (Lipinski definition) is 6. The van der Waals surface area contributed by atoms with Crippen LogP contribution in [0.15, 0.2) is 0 Å². The number of aliphatic hydroxyl groups excluding tert-OH is 1. The van der Waals surface area contributed by atoms with Gasteiger partial charge in [-0.15, -0.1) is 0 Å². The summed E-state index contributed by atoms with van der Waals surface area (Å²) >= 11 is 1.43. The monoisotopic (exact) mass is 448 g/mol. The van der Waals surface area contributed by atoms with E-state index in [-0.39, 0.29) is 19.4 Å². The fourth-order valence-electron chi connectivity index (χ4n) is 3.00. The largest absolute Gasteiger partial charge is 0.481 e. The van der Waals surface area contributed by atoms with Gasteiger partial charge in [0, 0.05) is 6.54 Å². The predicted molar refractivity (Wildman–Crippen MR) is 107 cm³/mol. The van der Waals surface area contributed by atoms with Gasteiger partial charge in [0.25, 0.3) is 0 Å². The zero-order chi connectivity index (χ0) is 22.8. The number of nitrogens with two attached hydrogens (primary N) is 1. The number of likely N-dealkylation sites (tertiary alicyclic amines) is 1. The fourth-order valence-corrected chi connectivity index (χ4v) is 3.47. The van der Waals surface area contributed by atoms with E-state index in [1.165, 1.54) is 11.8 Å². The number of carboxylic acid groups (broad SMARTS) is 2. The zero-order valence-corrected chi connectivity index (χ0v) is 17.4. The second kappa shape index (κ2) is 12.3. The van der Waals surface area contributed by atoms with Crippen molar-refractivity contribution in [1.29, 1.82) is 0 Å². The summed E-state index contributed by atoms with van der Waals surface area (Å²) in [6, 6.07) is -4.90. The Morgan fingerprint density at radius 1 is 1.17 bits per heavy atom. The minimum absolute atomic E-state index is 0.150. The molecular weight excluding hydrogens is 420 g/mol. The van der Waals surface area contributed by atoms with Crippen molar-refractivity contribution >= 4 is 41.4 Å². The maximum Gasteiger partial charge on any atom is 0.326 e. The summed E-state index contributed by atoms with van der Waals surface area (Å²) in [6.45, 7) is -0.543. The Kier molecular flexibility index (Phi) is 10.6. The Hall–Kier alpha value is -2.38. The summed E-state index contributed by atoms with van der Waals surface area (Å²) in [7, 11) is 0. The first-order valence-corrected chi connectivity index (χ1v) is 10.7. The van der Waals surface area contributed by atoms with Crippen LogP contribution in [0.1, 0.15) is 25.7 Å². The molecule has 7 N–H and O–H groups in total. The average Bonchev–Trinajstić information content (AvgIpc) is 3.18. The van der Waals surface area contributed by atoms with Gasteiger partial charge in [-0.1, -0.05) is 0 Å². The normalized spacial score (nSPS) is 18.9. The summed E-state index contributed by atoms with van der Waals surface area (Å²) in [5.74, 6) is -4.37. The van der Waals surface area contributed by atoms with Crippen molar-refractivity contribution < 1.29 is 39.3 Å². The molecule has 170 valence electrons. The molecule has 1 heterocycles. The summed E-state index contributed by atoms with van der Waals surface area (Å²) in [6.07, 6.45) is 2.00. The molecule has 13 heteroatoms. The van der Waals surface area contributed by atoms with Gasteiger partial charge in [0.2, 0.25) is 17.7 Å². The van der Waals surface area contributed by atoms with Gasteiger partial charge in [0.15, 0.2) is 0 Å². The molecule has 0 aromatic rings. The Balaban J connectivity index is 2.92. The van der Waals surface area contributed by atoms with Gasteiger partial charge in [-0.2, -0.15) is 11.8 Å². The van der Waals surface area contributed by atoms with Gasteiger partial charge in [0.1, 0.15) is 24.2 Å². The van der Waals surface area contributed by atoms with Crippen molar-refractivity contribution in [3.05, 3.63) is 0 Å². The third kappa shape index (κ3) is 7.46. The Labute approximate surface area is 177 Å². The van der Waals surface area contributed by atoms with E-state index in [9.17, 15) is 29.1 Å². The van der Waals surface area contributed by atoms with E-state index in [1.807, 2.05) is 0 Å². The van der Waals surface area contributed by atoms with Crippen LogP contribution >= 0.6 is 11.8 Å². The number of carbonyl (C=O) groups excluding carboxylic acids is 3. The maximum absolute atomic E-state index is 12.9. The number of aliphatic carboxylic acids is 2. The minimum atomic E-state index is -1.48. The first-order valence-electron chi connectivity index (χ1n) is 9.33. The molecule has 4 unspecified atom stereocenters. The smallest absolute Gasteiger partial charge is 0.326 e. The first kappa shape index (κ1) is 25.7. The molecule has 0 saturated carbocycles. The number of hydrogen-bond acceptors (Lipinski definition) is 8. The Morgan fingerprint density at radius 3 is 2.37 bits per heavy atom. The van der Waals surface area contributed by atoms with Crippen LogP contribution in [0.25, 0.3) is 0 Å². The second-order valence-electron chi connectivity index (χ2n) is 6.82. The quantitative estimate of drug-likeness (QED) is 0.187. The van der Waals surface area contributed by atoms with E-state index in [0.717, 1.165) is 4.90 Å². The number of carbonyl (C=O) groups is 5. The molecule has 0 bridgehead atoms. The van der Waals surface area contributed by atoms with E-state index in [4.69, 9.17) is 15.9 Å². The molecule has 0 aliphatic carbocycles. The van der Waals surface area contributed by atoms with Gasteiger partial charge in [-0.05, 0) is 31.3 Å². The van der Waals surface area contributed by atoms with Crippen LogP contribution in [0.3, 0.4) is 0 Å². The van der Waals surface area contributed by atoms with Gasteiger partial charge >= 0.3 is 11.9 Å². The number of thioether (sulfide) groups is 1. The van der Waals surface area contributed by atoms with Crippen molar-refractivity contribution in [2.45, 2.75) is 49.9 Å². The lowest BCUT2D eigenvalue weighted by Gasteiger charge is -2.29. The first-order chi connectivity index (χ1) is 14.1. The maximum atomic E-state index is 12.9. The highest BCUT2D eigenvalue weighted by Gasteiger charge is 2.39. The van der Waals surface area contributed by atoms with Gasteiger partial charge in [0.05, 0.1) is 13.0 Å². The van der Waals surface area contributed by atoms with E-state index in [2.05, 4.69) is 10.6 Å². The van der Waals surface area contributed by atoms with Gasteiger partial charge in [-0.25, -0.2) is 4.79 Å². The second-order valence-corrected chi connectivity index (χ2v) is 7.80. The lowest BCUT2D eigenvalue weighted by atomic mass is 10.1. The highest BCUT2D eigenvalue weighted by atomic mass is 32.2. The molecule has 30 heavy (non-hydrogen) atoms. The molecule has 1 rings (SSSR count). The average molecular weight is 448 g/mol. The summed E-state index contributed by atoms with van der Waals surface area (Å²) in [5, 5.41) is 31.9. The van der Waals surface area contributed by atoms with Crippen molar-refractivity contribution in [2.24, 2.45) is 5.73 Å². The van der Waals surface area contributed by atoms with E-state index < -0.39 is 66.9 Å². The third-order valence-corrected chi connectivity index (χ3v) is 5.23. The molecule has 0 aromatic heterocycles. The molecule has 3 amide bonds. The molecule has 4 atom stereocenters. The van der Waals surface area contributed by atoms with Crippen LogP contribution in [0.2, 0.25) is 0 Å². The number of amides is 3. The predicted octanol–water partition coefficient (Wildman–Crippen LogP) is -2.42. The molecule has 1 aliphatic heterocycles. The molecule has 0 radical (unpaired) electrons. The Morgan fingerprint density at radius 2 is 1.83 bits per heavy atom. The molecule has 0 aromatic carbocycles. The zero-order valence-electron chi connectivity index (χ0n) is 16.6. The number of rotatable bonds is 12. The van der Waals surface area contributed by atoms with Crippen molar-refractivity contribution in [1.82, 2.24) is 15.5 Å². The molecule has 1 fully saturated rings. The minimum Gasteiger partial charge on any atom is -0.481 e. The van der Waals surface area contributed by atoms with E-state index in [1.54, 1.807) is 6.26 Å². The molecule has 0 spiro atoms. The summed E-state index contributed by atoms with van der Waals surface area (Å²) in [5.41, 5.74) is 5.39. The van der Waals surface area contributed by atoms with E-state index >= 15 is 0 Å². The molecule has 1 aliphatic rings. The number of nitrogens with zero attached hydrogens (tertiary/aromatic N) is 1. The van der Waals surface area contributed by atoms with Crippen LogP contribution in [-0.4, -0.2) is 99.2 Å². The van der Waals surface area contributed by atoms with Crippen LogP contribution in [-0.2, 0) is 24.0 Å². The lowest BCUT2D eigenvalue weighted by molar-refractivity contribution is -0.147. The van der Waals surface area contributed by atoms with Crippen molar-refractivity contribution in [3.63, 3.8) is 0 Å². The van der Waals surface area contributed by atoms with Gasteiger partial charge in [-0.3, -0.25) is 19.2 Å². The topological polar surface area (TPSA) is 199 Å². The van der Waals surface area contributed by atoms with Crippen LogP contribution in [0.4, 0.5) is 0 Å². The molecular formula is C17H28N4O8S. The summed E-state index contributed by atoms with van der Waals surface area (Å²) in [4.78, 5) is 61.1. The molecule has 12 nitrogen and oxygen atoms in total. The van der Waals surface area contributed by atoms with E-state index in [0.29, 0.717) is 12.2 Å². The SMILES string of the molecule is CSCCC(NC(=O)C1CCCN1C(=O)C(CC(=O)O)NC(=O)C(N)CO)C(=O)O. The summed E-state index contributed by atoms with van der Waals surface area (Å²) < 4.78 is 0. The van der Waals surface area contributed by atoms with Gasteiger partial charge < -0.3 is 36.6 Å². The number of nitrogens with one attached hydrogen (secondary N) is 2. The van der Waals surface area contributed by atoms with Crippen LogP contribution < -0.4 is 16.4 Å². The Bertz CT molecular complexity index is 662. The highest BCUT2D eigenvalue weighted by Crippen LogP contribution is 2.20. The number of aliphatic hydroxyl groups is 1. The van der Waals surface area contributed by atoms with Crippen molar-refractivity contribution in [2.75, 3.05) is 25.2 Å². The van der Waals surface area contributed by atoms with Crippen LogP contribution in [0.5, 0.6) is 0 Å². The van der Waals surface area contributed by atoms with Crippen LogP contribution in [0, 0.1) is 0 Å². The van der Waals surface area contributed by atoms with Crippen molar-refractivity contribution in [3.8, 4) is 0 Å². The lowest BCUT2D eigenvalue weighted by Crippen LogP contribution is -2.57. The molecule has 1 saturated heterocycles. The fraction of sp³-hybridized carbons (Fsp3) is 0.706. The third-order valence-electron chi connectivity index (χ3n) is 4.59. The number of carboxylic acids is 2. The standard InChI is InChI=1S/C17H28N4O8S/c1-30-6-4-10(17(28)29)19-15(26)12-3-2-5-21(12)16(27)11(7-13(23)24)20-14(25)9(18)8-22/h9-12,22H,2-8,18H2,1H3,(H,19,26)(H,20,25)(H,23,24)(H,28,29). The highest BCUT2D eigenvalue weighted by molar-refractivity contribution is 7.98.